The number of rotatable bonds is 24. The molecular weight excluding hydrogens is 789 g/mol. The molecule has 1 aliphatic heterocycles. The molecular formula is C53H68N4O6. The monoisotopic (exact) mass is 857 g/mol. The first-order chi connectivity index (χ1) is 30.7. The highest BCUT2D eigenvalue weighted by Crippen LogP contribution is 2.40. The summed E-state index contributed by atoms with van der Waals surface area (Å²) in [6.45, 7) is 1.74. The zero-order valence-corrected chi connectivity index (χ0v) is 37.2. The fourth-order valence-corrected chi connectivity index (χ4v) is 9.93. The van der Waals surface area contributed by atoms with Crippen molar-refractivity contribution in [3.05, 3.63) is 136 Å². The highest BCUT2D eigenvalue weighted by atomic mass is 16.5. The molecule has 0 amide bonds. The van der Waals surface area contributed by atoms with E-state index in [1.54, 1.807) is 18.3 Å². The van der Waals surface area contributed by atoms with Crippen LogP contribution in [-0.4, -0.2) is 78.4 Å². The number of nitrogens with two attached hydrogens (primary N) is 1. The van der Waals surface area contributed by atoms with Gasteiger partial charge in [0.25, 0.3) is 0 Å². The predicted molar refractivity (Wildman–Crippen MR) is 252 cm³/mol. The lowest BCUT2D eigenvalue weighted by Gasteiger charge is -2.44. The summed E-state index contributed by atoms with van der Waals surface area (Å²) >= 11 is 0. The minimum absolute atomic E-state index is 0.0680. The quantitative estimate of drug-likeness (QED) is 0.0238. The number of ketones is 2. The number of nitrogens with zero attached hydrogens (tertiary/aromatic N) is 1. The molecule has 5 atom stereocenters. The van der Waals surface area contributed by atoms with Gasteiger partial charge in [0, 0.05) is 31.8 Å². The van der Waals surface area contributed by atoms with Crippen LogP contribution in [-0.2, 0) is 41.7 Å². The lowest BCUT2D eigenvalue weighted by atomic mass is 9.66. The van der Waals surface area contributed by atoms with Gasteiger partial charge in [0.15, 0.2) is 17.3 Å². The number of aromatic hydroxyl groups is 1. The highest BCUT2D eigenvalue weighted by Gasteiger charge is 2.38. The van der Waals surface area contributed by atoms with Crippen molar-refractivity contribution in [3.8, 4) is 11.5 Å². The number of ether oxygens (including phenoxy) is 1. The topological polar surface area (TPSA) is 167 Å². The summed E-state index contributed by atoms with van der Waals surface area (Å²) in [5.41, 5.74) is 13.5. The Balaban J connectivity index is 1.10. The second-order valence-electron chi connectivity index (χ2n) is 17.6. The number of phenolic OH excluding ortho intramolecular Hbond substituents is 1. The number of likely N-dealkylation sites (N-methyl/N-ethyl adjacent to an activating group) is 1. The number of nitrogen functional groups attached to an aromatic ring is 1. The van der Waals surface area contributed by atoms with Gasteiger partial charge in [-0.3, -0.25) is 9.59 Å². The minimum Gasteiger partial charge on any atom is -0.504 e. The number of Topliss-reactive ketones (excluding diaryl/α,β-unsaturated/α-hetero) is 1. The molecule has 0 spiro atoms. The summed E-state index contributed by atoms with van der Waals surface area (Å²) in [6.07, 6.45) is 17.0. The molecule has 1 saturated heterocycles. The third-order valence-electron chi connectivity index (χ3n) is 13.3. The van der Waals surface area contributed by atoms with Crippen LogP contribution in [0.15, 0.2) is 97.2 Å². The standard InChI is InChI=1S/C53H68N4O6/c1-55-50-21-20-41-33-56-23-22-47(41)49(50)26-37(14-8-24-58)13-7-15-45(60)31-46(61)28-44(35-59)48-32-52(63-2)51(62)29-42(48)27-43-34-57-53(54)30-40(43)19-18-39-12-6-11-38(25-39)17-16-36-9-4-3-5-10-36/h3-6,9-12,20-21,25,28-30,32,34,37,41,47,49-50,55-56,58-59,62H,7-8,13-19,22-24,26-27,31,33,35H2,1-2H3,(H2,54,57). The fraction of sp³-hybridized carbons (Fsp3) is 0.453. The number of aliphatic hydroxyl groups excluding tert-OH is 2. The van der Waals surface area contributed by atoms with E-state index in [0.29, 0.717) is 77.9 Å². The average Bonchev–Trinajstić information content (AvgIpc) is 3.30. The number of piperidine rings is 1. The Morgan fingerprint density at radius 3 is 2.41 bits per heavy atom. The van der Waals surface area contributed by atoms with E-state index in [1.807, 2.05) is 19.2 Å². The summed E-state index contributed by atoms with van der Waals surface area (Å²) in [6, 6.07) is 24.6. The van der Waals surface area contributed by atoms with E-state index >= 15 is 0 Å². The molecule has 1 aliphatic carbocycles. The highest BCUT2D eigenvalue weighted by molar-refractivity contribution is 6.07. The van der Waals surface area contributed by atoms with Crippen molar-refractivity contribution in [3.63, 3.8) is 0 Å². The van der Waals surface area contributed by atoms with Gasteiger partial charge in [-0.05, 0) is 170 Å². The number of aryl methyl sites for hydroxylation is 4. The summed E-state index contributed by atoms with van der Waals surface area (Å²) in [5, 5.41) is 38.3. The number of anilines is 1. The number of carbonyl (C=O) groups is 2. The molecule has 0 radical (unpaired) electrons. The van der Waals surface area contributed by atoms with Crippen molar-refractivity contribution in [2.75, 3.05) is 46.2 Å². The number of aromatic nitrogens is 1. The van der Waals surface area contributed by atoms with Crippen LogP contribution in [0.5, 0.6) is 11.5 Å². The number of fused-ring (bicyclic) bond motifs is 1. The molecule has 2 heterocycles. The van der Waals surface area contributed by atoms with Crippen LogP contribution in [0.25, 0.3) is 5.57 Å². The van der Waals surface area contributed by atoms with E-state index in [9.17, 15) is 24.9 Å². The Morgan fingerprint density at radius 2 is 1.67 bits per heavy atom. The first kappa shape index (κ1) is 47.4. The zero-order chi connectivity index (χ0) is 44.6. The van der Waals surface area contributed by atoms with Crippen LogP contribution in [0.3, 0.4) is 0 Å². The smallest absolute Gasteiger partial charge is 0.163 e. The second-order valence-corrected chi connectivity index (χ2v) is 17.6. The van der Waals surface area contributed by atoms with E-state index in [0.717, 1.165) is 75.6 Å². The SMILES string of the molecule is CNC1C=CC2CNCCC2C1CC(CCCO)CCCC(=O)CC(=O)C=C(CO)c1cc(OC)c(O)cc1Cc1cnc(N)cc1CCc1cccc(CCc2ccccc2)c1. The Morgan fingerprint density at radius 1 is 0.921 bits per heavy atom. The first-order valence-electron chi connectivity index (χ1n) is 23.0. The number of aliphatic hydroxyl groups is 2. The maximum absolute atomic E-state index is 13.5. The summed E-state index contributed by atoms with van der Waals surface area (Å²) in [7, 11) is 3.48. The summed E-state index contributed by atoms with van der Waals surface area (Å²) in [5.74, 6) is 2.06. The molecule has 4 aromatic rings. The number of carbonyl (C=O) groups excluding carboxylic acids is 2. The molecule has 0 bridgehead atoms. The largest absolute Gasteiger partial charge is 0.504 e. The van der Waals surface area contributed by atoms with Crippen LogP contribution < -0.4 is 21.1 Å². The Kier molecular flexibility index (Phi) is 18.1. The fourth-order valence-electron chi connectivity index (χ4n) is 9.93. The second kappa shape index (κ2) is 24.1. The van der Waals surface area contributed by atoms with E-state index < -0.39 is 6.61 Å². The van der Waals surface area contributed by atoms with E-state index in [-0.39, 0.29) is 36.1 Å². The van der Waals surface area contributed by atoms with E-state index in [1.165, 1.54) is 29.9 Å². The summed E-state index contributed by atoms with van der Waals surface area (Å²) < 4.78 is 5.46. The van der Waals surface area contributed by atoms with Crippen LogP contribution in [0.2, 0.25) is 0 Å². The maximum atomic E-state index is 13.5. The Hall–Kier alpha value is -5.13. The van der Waals surface area contributed by atoms with Crippen molar-refractivity contribution >= 4 is 23.0 Å². The number of hydrogen-bond acceptors (Lipinski definition) is 10. The van der Waals surface area contributed by atoms with Crippen LogP contribution >= 0.6 is 0 Å². The van der Waals surface area contributed by atoms with Gasteiger partial charge in [-0.2, -0.15) is 0 Å². The van der Waals surface area contributed by atoms with Crippen molar-refractivity contribution in [2.24, 2.45) is 23.7 Å². The van der Waals surface area contributed by atoms with Crippen molar-refractivity contribution in [1.82, 2.24) is 15.6 Å². The molecule has 3 aromatic carbocycles. The molecule has 2 aliphatic rings. The van der Waals surface area contributed by atoms with E-state index in [2.05, 4.69) is 76.3 Å². The third kappa shape index (κ3) is 13.7. The molecule has 10 heteroatoms. The maximum Gasteiger partial charge on any atom is 0.163 e. The van der Waals surface area contributed by atoms with Crippen molar-refractivity contribution < 1.29 is 29.6 Å². The van der Waals surface area contributed by atoms with Crippen molar-refractivity contribution in [1.29, 1.82) is 0 Å². The van der Waals surface area contributed by atoms with E-state index in [4.69, 9.17) is 10.5 Å². The average molecular weight is 857 g/mol. The Bertz CT molecular complexity index is 2170. The van der Waals surface area contributed by atoms with Crippen molar-refractivity contribution in [2.45, 2.75) is 89.5 Å². The molecule has 336 valence electrons. The molecule has 7 N–H and O–H groups in total. The van der Waals surface area contributed by atoms with Gasteiger partial charge >= 0.3 is 0 Å². The van der Waals surface area contributed by atoms with Gasteiger partial charge in [0.2, 0.25) is 0 Å². The van der Waals surface area contributed by atoms with Crippen LogP contribution in [0, 0.1) is 23.7 Å². The molecule has 5 unspecified atom stereocenters. The predicted octanol–water partition coefficient (Wildman–Crippen LogP) is 7.39. The molecule has 10 nitrogen and oxygen atoms in total. The van der Waals surface area contributed by atoms with Gasteiger partial charge in [-0.25, -0.2) is 4.98 Å². The number of methoxy groups -OCH3 is 1. The third-order valence-corrected chi connectivity index (χ3v) is 13.3. The lowest BCUT2D eigenvalue weighted by molar-refractivity contribution is -0.124. The van der Waals surface area contributed by atoms with Gasteiger partial charge in [-0.15, -0.1) is 0 Å². The zero-order valence-electron chi connectivity index (χ0n) is 37.2. The number of phenols is 1. The van der Waals surface area contributed by atoms with Crippen LogP contribution in [0.1, 0.15) is 90.3 Å². The number of allylic oxidation sites excluding steroid dienone is 1. The lowest BCUT2D eigenvalue weighted by Crippen LogP contribution is -2.48. The van der Waals surface area contributed by atoms with Gasteiger partial charge in [0.05, 0.1) is 20.1 Å². The first-order valence-corrected chi connectivity index (χ1v) is 23.0. The van der Waals surface area contributed by atoms with Gasteiger partial charge in [0.1, 0.15) is 11.6 Å². The number of pyridine rings is 1. The van der Waals surface area contributed by atoms with Crippen LogP contribution in [0.4, 0.5) is 5.82 Å². The summed E-state index contributed by atoms with van der Waals surface area (Å²) in [4.78, 5) is 31.2. The normalized spacial score (nSPS) is 19.1. The van der Waals surface area contributed by atoms with Gasteiger partial charge < -0.3 is 36.4 Å². The number of nitrogens with one attached hydrogen (secondary N) is 2. The molecule has 1 aromatic heterocycles. The molecule has 63 heavy (non-hydrogen) atoms. The minimum atomic E-state index is -0.456. The number of benzene rings is 3. The van der Waals surface area contributed by atoms with Gasteiger partial charge in [-0.1, -0.05) is 73.2 Å². The molecule has 1 fully saturated rings. The number of hydrogen-bond donors (Lipinski definition) is 6. The Labute approximate surface area is 374 Å². The molecule has 6 rings (SSSR count). The molecule has 0 saturated carbocycles.